The van der Waals surface area contributed by atoms with Gasteiger partial charge < -0.3 is 5.32 Å². The van der Waals surface area contributed by atoms with E-state index >= 15 is 0 Å². The monoisotopic (exact) mass is 394 g/mol. The lowest BCUT2D eigenvalue weighted by molar-refractivity contribution is -0.115. The number of hydrogen-bond donors (Lipinski definition) is 1. The molecule has 0 atom stereocenters. The normalized spacial score (nSPS) is 11.2. The number of benzene rings is 2. The zero-order valence-electron chi connectivity index (χ0n) is 14.6. The van der Waals surface area contributed by atoms with Crippen molar-refractivity contribution in [2.24, 2.45) is 0 Å². The lowest BCUT2D eigenvalue weighted by Crippen LogP contribution is -2.26. The predicted molar refractivity (Wildman–Crippen MR) is 114 cm³/mol. The van der Waals surface area contributed by atoms with Crippen LogP contribution in [0.1, 0.15) is 11.1 Å². The highest BCUT2D eigenvalue weighted by atomic mass is 35.5. The average molecular weight is 395 g/mol. The first-order chi connectivity index (χ1) is 13.2. The Labute approximate surface area is 168 Å². The van der Waals surface area contributed by atoms with Gasteiger partial charge in [-0.15, -0.1) is 11.8 Å². The predicted octanol–water partition coefficient (Wildman–Crippen LogP) is 5.18. The van der Waals surface area contributed by atoms with Gasteiger partial charge >= 0.3 is 0 Å². The number of nitrogens with zero attached hydrogens (tertiary/aromatic N) is 1. The number of nitrogens with one attached hydrogen (secondary N) is 1. The molecule has 0 saturated heterocycles. The molecule has 0 fully saturated rings. The van der Waals surface area contributed by atoms with Crippen LogP contribution in [0.2, 0.25) is 5.02 Å². The molecular weight excluding hydrogens is 376 g/mol. The average Bonchev–Trinajstić information content (AvgIpc) is 2.72. The fourth-order valence-corrected chi connectivity index (χ4v) is 3.41. The van der Waals surface area contributed by atoms with E-state index in [2.05, 4.69) is 10.3 Å². The van der Waals surface area contributed by atoms with Crippen LogP contribution in [0.3, 0.4) is 0 Å². The molecule has 0 aliphatic rings. The number of hydrogen-bond acceptors (Lipinski definition) is 3. The second kappa shape index (κ2) is 9.95. The van der Waals surface area contributed by atoms with Crippen molar-refractivity contribution in [1.29, 1.82) is 0 Å². The summed E-state index contributed by atoms with van der Waals surface area (Å²) in [6.07, 6.45) is 3.60. The molecule has 0 aliphatic heterocycles. The molecule has 136 valence electrons. The standard InChI is InChI=1S/C22H19ClN2OS/c23-20-11-5-4-10-18(20)16-19(17-8-2-1-3-9-17)22(26)25-14-15-27-21-12-6-7-13-24-21/h1-13,16H,14-15H2,(H,25,26)/b19-16+. The van der Waals surface area contributed by atoms with Crippen LogP contribution in [0.15, 0.2) is 84.0 Å². The molecule has 5 heteroatoms. The zero-order chi connectivity index (χ0) is 18.9. The molecular formula is C22H19ClN2OS. The molecule has 0 spiro atoms. The van der Waals surface area contributed by atoms with E-state index in [0.717, 1.165) is 21.9 Å². The van der Waals surface area contributed by atoms with Gasteiger partial charge in [0.1, 0.15) is 0 Å². The molecule has 1 amide bonds. The maximum atomic E-state index is 12.8. The van der Waals surface area contributed by atoms with Gasteiger partial charge in [0.05, 0.1) is 5.03 Å². The van der Waals surface area contributed by atoms with E-state index in [9.17, 15) is 4.79 Å². The van der Waals surface area contributed by atoms with E-state index < -0.39 is 0 Å². The number of pyridine rings is 1. The van der Waals surface area contributed by atoms with E-state index in [0.29, 0.717) is 17.1 Å². The Hall–Kier alpha value is -2.56. The van der Waals surface area contributed by atoms with Gasteiger partial charge in [0.2, 0.25) is 0 Å². The van der Waals surface area contributed by atoms with Crippen LogP contribution in [0.4, 0.5) is 0 Å². The molecule has 0 radical (unpaired) electrons. The van der Waals surface area contributed by atoms with Gasteiger partial charge in [-0.1, -0.05) is 66.2 Å². The summed E-state index contributed by atoms with van der Waals surface area (Å²) in [4.78, 5) is 17.1. The zero-order valence-corrected chi connectivity index (χ0v) is 16.2. The summed E-state index contributed by atoms with van der Waals surface area (Å²) >= 11 is 7.88. The molecule has 27 heavy (non-hydrogen) atoms. The topological polar surface area (TPSA) is 42.0 Å². The first-order valence-corrected chi connectivity index (χ1v) is 9.94. The molecule has 1 heterocycles. The van der Waals surface area contributed by atoms with Crippen molar-refractivity contribution in [2.45, 2.75) is 5.03 Å². The largest absolute Gasteiger partial charge is 0.351 e. The van der Waals surface area contributed by atoms with Crippen LogP contribution in [0, 0.1) is 0 Å². The van der Waals surface area contributed by atoms with Crippen LogP contribution in [0.5, 0.6) is 0 Å². The van der Waals surface area contributed by atoms with Crippen molar-refractivity contribution in [3.8, 4) is 0 Å². The first kappa shape index (κ1) is 19.2. The fraction of sp³-hybridized carbons (Fsp3) is 0.0909. The molecule has 0 unspecified atom stereocenters. The molecule has 3 rings (SSSR count). The molecule has 1 N–H and O–H groups in total. The van der Waals surface area contributed by atoms with Crippen LogP contribution < -0.4 is 5.32 Å². The molecule has 3 nitrogen and oxygen atoms in total. The third-order valence-electron chi connectivity index (χ3n) is 3.81. The third-order valence-corrected chi connectivity index (χ3v) is 5.10. The van der Waals surface area contributed by atoms with Crippen LogP contribution >= 0.6 is 23.4 Å². The van der Waals surface area contributed by atoms with Crippen molar-refractivity contribution >= 4 is 40.9 Å². The minimum Gasteiger partial charge on any atom is -0.351 e. The molecule has 2 aromatic carbocycles. The summed E-state index contributed by atoms with van der Waals surface area (Å²) in [6, 6.07) is 22.9. The van der Waals surface area contributed by atoms with Gasteiger partial charge in [-0.05, 0) is 35.4 Å². The van der Waals surface area contributed by atoms with E-state index in [1.165, 1.54) is 0 Å². The minimum absolute atomic E-state index is 0.122. The Morgan fingerprint density at radius 2 is 1.74 bits per heavy atom. The first-order valence-electron chi connectivity index (χ1n) is 8.58. The van der Waals surface area contributed by atoms with Crippen LogP contribution in [0.25, 0.3) is 11.6 Å². The molecule has 0 saturated carbocycles. The third kappa shape index (κ3) is 5.71. The second-order valence-electron chi connectivity index (χ2n) is 5.72. The highest BCUT2D eigenvalue weighted by Gasteiger charge is 2.12. The Balaban J connectivity index is 1.71. The Morgan fingerprint density at radius 1 is 1.00 bits per heavy atom. The summed E-state index contributed by atoms with van der Waals surface area (Å²) in [5.74, 6) is 0.624. The highest BCUT2D eigenvalue weighted by Crippen LogP contribution is 2.23. The molecule has 1 aromatic heterocycles. The lowest BCUT2D eigenvalue weighted by atomic mass is 10.0. The van der Waals surface area contributed by atoms with Crippen molar-refractivity contribution in [1.82, 2.24) is 10.3 Å². The summed E-state index contributed by atoms with van der Waals surface area (Å²) in [5, 5.41) is 4.55. The van der Waals surface area contributed by atoms with Crippen molar-refractivity contribution in [3.63, 3.8) is 0 Å². The van der Waals surface area contributed by atoms with Gasteiger partial charge in [-0.3, -0.25) is 4.79 Å². The summed E-state index contributed by atoms with van der Waals surface area (Å²) in [7, 11) is 0. The minimum atomic E-state index is -0.122. The molecule has 0 bridgehead atoms. The Morgan fingerprint density at radius 3 is 2.48 bits per heavy atom. The quantitative estimate of drug-likeness (QED) is 0.260. The van der Waals surface area contributed by atoms with Crippen molar-refractivity contribution in [2.75, 3.05) is 12.3 Å². The van der Waals surface area contributed by atoms with Gasteiger partial charge in [-0.25, -0.2) is 4.98 Å². The van der Waals surface area contributed by atoms with E-state index in [1.54, 1.807) is 18.0 Å². The van der Waals surface area contributed by atoms with E-state index in [-0.39, 0.29) is 5.91 Å². The fourth-order valence-electron chi connectivity index (χ4n) is 2.49. The number of carbonyl (C=O) groups is 1. The maximum absolute atomic E-state index is 12.8. The number of carbonyl (C=O) groups excluding carboxylic acids is 1. The van der Waals surface area contributed by atoms with Gasteiger partial charge in [0.25, 0.3) is 5.91 Å². The van der Waals surface area contributed by atoms with Crippen molar-refractivity contribution in [3.05, 3.63) is 95.1 Å². The van der Waals surface area contributed by atoms with Gasteiger partial charge in [0.15, 0.2) is 0 Å². The van der Waals surface area contributed by atoms with E-state index in [1.807, 2.05) is 78.9 Å². The summed E-state index contributed by atoms with van der Waals surface area (Å²) in [6.45, 7) is 0.548. The SMILES string of the molecule is O=C(NCCSc1ccccn1)/C(=C/c1ccccc1Cl)c1ccccc1. The second-order valence-corrected chi connectivity index (χ2v) is 7.24. The molecule has 0 aliphatic carbocycles. The number of rotatable bonds is 7. The molecule has 3 aromatic rings. The number of amides is 1. The van der Waals surface area contributed by atoms with Crippen LogP contribution in [-0.4, -0.2) is 23.2 Å². The lowest BCUT2D eigenvalue weighted by Gasteiger charge is -2.10. The highest BCUT2D eigenvalue weighted by molar-refractivity contribution is 7.99. The Kier molecular flexibility index (Phi) is 7.08. The van der Waals surface area contributed by atoms with Crippen LogP contribution in [-0.2, 0) is 4.79 Å². The van der Waals surface area contributed by atoms with Gasteiger partial charge in [-0.2, -0.15) is 0 Å². The smallest absolute Gasteiger partial charge is 0.251 e. The summed E-state index contributed by atoms with van der Waals surface area (Å²) < 4.78 is 0. The number of halogens is 1. The van der Waals surface area contributed by atoms with Gasteiger partial charge in [0, 0.05) is 29.1 Å². The van der Waals surface area contributed by atoms with Crippen molar-refractivity contribution < 1.29 is 4.79 Å². The van der Waals surface area contributed by atoms with E-state index in [4.69, 9.17) is 11.6 Å². The summed E-state index contributed by atoms with van der Waals surface area (Å²) in [5.41, 5.74) is 2.26. The number of aromatic nitrogens is 1. The Bertz CT molecular complexity index is 914. The maximum Gasteiger partial charge on any atom is 0.251 e. The number of thioether (sulfide) groups is 1.